The average molecular weight is 122 g/mol. The van der Waals surface area contributed by atoms with Crippen molar-refractivity contribution in [1.29, 1.82) is 0 Å². The second kappa shape index (κ2) is 1.86. The molecule has 0 heterocycles. The molecule has 0 aromatic heterocycles. The number of fused-ring (bicyclic) bond motifs is 2. The Labute approximate surface area is 57.0 Å². The fourth-order valence-corrected chi connectivity index (χ4v) is 2.45. The van der Waals surface area contributed by atoms with E-state index in [1.54, 1.807) is 5.57 Å². The molecule has 0 spiro atoms. The van der Waals surface area contributed by atoms with Gasteiger partial charge in [0.05, 0.1) is 0 Å². The first-order chi connectivity index (χ1) is 4.40. The van der Waals surface area contributed by atoms with Gasteiger partial charge in [0.25, 0.3) is 0 Å². The van der Waals surface area contributed by atoms with Crippen LogP contribution in [0, 0.1) is 11.8 Å². The van der Waals surface area contributed by atoms with Gasteiger partial charge >= 0.3 is 0 Å². The van der Waals surface area contributed by atoms with Gasteiger partial charge in [-0.3, -0.25) is 0 Å². The first kappa shape index (κ1) is 5.52. The molecule has 0 heteroatoms. The number of hydrogen-bond acceptors (Lipinski definition) is 0. The quantitative estimate of drug-likeness (QED) is 0.433. The summed E-state index contributed by atoms with van der Waals surface area (Å²) < 4.78 is 0. The van der Waals surface area contributed by atoms with Crippen molar-refractivity contribution in [3.05, 3.63) is 11.6 Å². The Kier molecular flexibility index (Phi) is 1.14. The Balaban J connectivity index is 2.18. The van der Waals surface area contributed by atoms with Crippen LogP contribution in [-0.4, -0.2) is 0 Å². The molecule has 0 aromatic rings. The molecule has 0 N–H and O–H groups in total. The smallest absolute Gasteiger partial charge is 0.0200 e. The van der Waals surface area contributed by atoms with Crippen LogP contribution in [0.1, 0.15) is 32.6 Å². The highest BCUT2D eigenvalue weighted by Gasteiger charge is 2.34. The van der Waals surface area contributed by atoms with Crippen LogP contribution >= 0.6 is 0 Å². The monoisotopic (exact) mass is 122 g/mol. The lowest BCUT2D eigenvalue weighted by Gasteiger charge is -2.11. The molecule has 2 aliphatic rings. The van der Waals surface area contributed by atoms with Gasteiger partial charge in [-0.15, -0.1) is 0 Å². The second-order valence-electron chi connectivity index (χ2n) is 3.44. The van der Waals surface area contributed by atoms with Gasteiger partial charge in [0.15, 0.2) is 0 Å². The Hall–Kier alpha value is -0.260. The summed E-state index contributed by atoms with van der Waals surface area (Å²) in [5.41, 5.74) is 1.76. The zero-order valence-electron chi connectivity index (χ0n) is 6.06. The van der Waals surface area contributed by atoms with E-state index in [0.29, 0.717) is 0 Å². The molecule has 0 saturated heterocycles. The molecule has 2 atom stereocenters. The van der Waals surface area contributed by atoms with Crippen LogP contribution in [0.2, 0.25) is 0 Å². The van der Waals surface area contributed by atoms with Crippen molar-refractivity contribution in [3.63, 3.8) is 0 Å². The summed E-state index contributed by atoms with van der Waals surface area (Å²) in [5.74, 6) is 2.10. The summed E-state index contributed by atoms with van der Waals surface area (Å²) in [6, 6.07) is 0. The molecule has 2 aliphatic carbocycles. The van der Waals surface area contributed by atoms with E-state index in [1.807, 2.05) is 0 Å². The third-order valence-electron chi connectivity index (χ3n) is 2.96. The molecular weight excluding hydrogens is 108 g/mol. The van der Waals surface area contributed by atoms with Crippen molar-refractivity contribution in [1.82, 2.24) is 0 Å². The van der Waals surface area contributed by atoms with Crippen molar-refractivity contribution >= 4 is 0 Å². The first-order valence-electron chi connectivity index (χ1n) is 4.05. The summed E-state index contributed by atoms with van der Waals surface area (Å²) >= 11 is 0. The molecular formula is C9H14. The van der Waals surface area contributed by atoms with Crippen molar-refractivity contribution in [2.24, 2.45) is 11.8 Å². The summed E-state index contributed by atoms with van der Waals surface area (Å²) in [6.45, 7) is 2.19. The fraction of sp³-hybridized carbons (Fsp3) is 0.778. The lowest BCUT2D eigenvalue weighted by atomic mass is 9.95. The third-order valence-corrected chi connectivity index (χ3v) is 2.96. The summed E-state index contributed by atoms with van der Waals surface area (Å²) in [6.07, 6.45) is 8.29. The lowest BCUT2D eigenvalue weighted by molar-refractivity contribution is 0.560. The largest absolute Gasteiger partial charge is 0.0882 e. The molecule has 0 nitrogen and oxygen atoms in total. The van der Waals surface area contributed by atoms with E-state index in [1.165, 1.54) is 25.7 Å². The van der Waals surface area contributed by atoms with E-state index in [0.717, 1.165) is 11.8 Å². The minimum absolute atomic E-state index is 1.01. The van der Waals surface area contributed by atoms with Gasteiger partial charge in [-0.05, 0) is 44.4 Å². The highest BCUT2D eigenvalue weighted by Crippen LogP contribution is 2.47. The van der Waals surface area contributed by atoms with Crippen LogP contribution in [0.15, 0.2) is 11.6 Å². The molecule has 2 rings (SSSR count). The van der Waals surface area contributed by atoms with E-state index in [4.69, 9.17) is 0 Å². The zero-order chi connectivity index (χ0) is 6.27. The average Bonchev–Trinajstić information content (AvgIpc) is 2.45. The van der Waals surface area contributed by atoms with E-state index in [-0.39, 0.29) is 0 Å². The summed E-state index contributed by atoms with van der Waals surface area (Å²) in [7, 11) is 0. The Morgan fingerprint density at radius 3 is 2.67 bits per heavy atom. The summed E-state index contributed by atoms with van der Waals surface area (Å²) in [4.78, 5) is 0. The van der Waals surface area contributed by atoms with E-state index in [9.17, 15) is 0 Å². The minimum atomic E-state index is 1.01. The van der Waals surface area contributed by atoms with Crippen LogP contribution in [0.5, 0.6) is 0 Å². The Morgan fingerprint density at radius 2 is 2.33 bits per heavy atom. The highest BCUT2D eigenvalue weighted by molar-refractivity contribution is 5.15. The van der Waals surface area contributed by atoms with Crippen LogP contribution in [0.25, 0.3) is 0 Å². The molecule has 2 bridgehead atoms. The topological polar surface area (TPSA) is 0 Å². The number of rotatable bonds is 0. The van der Waals surface area contributed by atoms with Crippen molar-refractivity contribution < 1.29 is 0 Å². The van der Waals surface area contributed by atoms with E-state index < -0.39 is 0 Å². The Morgan fingerprint density at radius 1 is 1.44 bits per heavy atom. The minimum Gasteiger partial charge on any atom is -0.0882 e. The van der Waals surface area contributed by atoms with Gasteiger partial charge in [0.1, 0.15) is 0 Å². The normalized spacial score (nSPS) is 44.8. The molecule has 2 fully saturated rings. The molecule has 0 aliphatic heterocycles. The molecule has 0 aromatic carbocycles. The van der Waals surface area contributed by atoms with Crippen molar-refractivity contribution in [2.45, 2.75) is 32.6 Å². The first-order valence-corrected chi connectivity index (χ1v) is 4.05. The Bertz CT molecular complexity index is 144. The fourth-order valence-electron chi connectivity index (χ4n) is 2.45. The van der Waals surface area contributed by atoms with Gasteiger partial charge in [0.2, 0.25) is 0 Å². The van der Waals surface area contributed by atoms with E-state index in [2.05, 4.69) is 13.0 Å². The van der Waals surface area contributed by atoms with Crippen LogP contribution in [0.3, 0.4) is 0 Å². The van der Waals surface area contributed by atoms with Crippen LogP contribution in [0.4, 0.5) is 0 Å². The van der Waals surface area contributed by atoms with Gasteiger partial charge in [-0.1, -0.05) is 11.6 Å². The molecule has 0 amide bonds. The molecule has 2 unspecified atom stereocenters. The predicted molar refractivity (Wildman–Crippen MR) is 39.2 cm³/mol. The van der Waals surface area contributed by atoms with Gasteiger partial charge in [-0.25, -0.2) is 0 Å². The van der Waals surface area contributed by atoms with Crippen LogP contribution in [-0.2, 0) is 0 Å². The predicted octanol–water partition coefficient (Wildman–Crippen LogP) is 2.75. The van der Waals surface area contributed by atoms with Gasteiger partial charge in [0, 0.05) is 0 Å². The molecule has 9 heavy (non-hydrogen) atoms. The third kappa shape index (κ3) is 0.726. The highest BCUT2D eigenvalue weighted by atomic mass is 14.4. The maximum Gasteiger partial charge on any atom is -0.0200 e. The maximum absolute atomic E-state index is 2.34. The van der Waals surface area contributed by atoms with Crippen LogP contribution < -0.4 is 0 Å². The SMILES string of the molecule is CC=C1CC2CCC1C2. The van der Waals surface area contributed by atoms with Crippen molar-refractivity contribution in [2.75, 3.05) is 0 Å². The lowest BCUT2D eigenvalue weighted by Crippen LogP contribution is -1.96. The number of allylic oxidation sites excluding steroid dienone is 2. The summed E-state index contributed by atoms with van der Waals surface area (Å²) in [5, 5.41) is 0. The molecule has 2 saturated carbocycles. The van der Waals surface area contributed by atoms with Crippen molar-refractivity contribution in [3.8, 4) is 0 Å². The van der Waals surface area contributed by atoms with Gasteiger partial charge < -0.3 is 0 Å². The zero-order valence-corrected chi connectivity index (χ0v) is 6.06. The second-order valence-corrected chi connectivity index (χ2v) is 3.44. The van der Waals surface area contributed by atoms with E-state index >= 15 is 0 Å². The molecule has 50 valence electrons. The number of hydrogen-bond donors (Lipinski definition) is 0. The van der Waals surface area contributed by atoms with Gasteiger partial charge in [-0.2, -0.15) is 0 Å². The molecule has 0 radical (unpaired) electrons. The standard InChI is InChI=1S/C9H14/c1-2-8-5-7-3-4-9(8)6-7/h2,7,9H,3-6H2,1H3. The maximum atomic E-state index is 2.34.